The number of amides is 2. The summed E-state index contributed by atoms with van der Waals surface area (Å²) < 4.78 is 0. The summed E-state index contributed by atoms with van der Waals surface area (Å²) in [6.45, 7) is 10.8. The molecular weight excluding hydrogens is 284 g/mol. The van der Waals surface area contributed by atoms with Crippen molar-refractivity contribution in [3.05, 3.63) is 21.9 Å². The number of rotatable bonds is 2. The van der Waals surface area contributed by atoms with Crippen LogP contribution >= 0.6 is 11.3 Å². The number of nitrogens with zero attached hydrogens (tertiary/aromatic N) is 2. The number of carbonyl (C=O) groups is 2. The SMILES string of the molecule is Cc1ccc(C(=O)N2CCN(C(=O)CC(C)(C)C)CC2)s1. The van der Waals surface area contributed by atoms with Gasteiger partial charge in [0.25, 0.3) is 5.91 Å². The first-order chi connectivity index (χ1) is 9.76. The van der Waals surface area contributed by atoms with Gasteiger partial charge in [0.15, 0.2) is 0 Å². The largest absolute Gasteiger partial charge is 0.339 e. The van der Waals surface area contributed by atoms with Crippen LogP contribution in [0.4, 0.5) is 0 Å². The molecule has 1 aromatic heterocycles. The molecule has 5 heteroatoms. The molecular formula is C16H24N2O2S. The fourth-order valence-corrected chi connectivity index (χ4v) is 3.27. The lowest BCUT2D eigenvalue weighted by atomic mass is 9.91. The van der Waals surface area contributed by atoms with Crippen LogP contribution in [0.25, 0.3) is 0 Å². The molecule has 4 nitrogen and oxygen atoms in total. The van der Waals surface area contributed by atoms with E-state index in [2.05, 4.69) is 20.8 Å². The molecule has 116 valence electrons. The maximum atomic E-state index is 12.4. The van der Waals surface area contributed by atoms with Crippen molar-refractivity contribution in [1.29, 1.82) is 0 Å². The molecule has 0 radical (unpaired) electrons. The lowest BCUT2D eigenvalue weighted by Crippen LogP contribution is -2.51. The number of aryl methyl sites for hydroxylation is 1. The lowest BCUT2D eigenvalue weighted by molar-refractivity contribution is -0.134. The summed E-state index contributed by atoms with van der Waals surface area (Å²) in [5.74, 6) is 0.289. The van der Waals surface area contributed by atoms with Gasteiger partial charge in [-0.25, -0.2) is 0 Å². The molecule has 21 heavy (non-hydrogen) atoms. The van der Waals surface area contributed by atoms with E-state index in [1.165, 1.54) is 11.3 Å². The van der Waals surface area contributed by atoms with Crippen LogP contribution < -0.4 is 0 Å². The van der Waals surface area contributed by atoms with Gasteiger partial charge in [0, 0.05) is 37.5 Å². The quantitative estimate of drug-likeness (QED) is 0.843. The molecule has 1 fully saturated rings. The van der Waals surface area contributed by atoms with Crippen LogP contribution in [-0.4, -0.2) is 47.8 Å². The molecule has 0 aliphatic carbocycles. The topological polar surface area (TPSA) is 40.6 Å². The van der Waals surface area contributed by atoms with Crippen LogP contribution in [0.3, 0.4) is 0 Å². The number of hydrogen-bond acceptors (Lipinski definition) is 3. The van der Waals surface area contributed by atoms with Gasteiger partial charge < -0.3 is 9.80 Å². The Kier molecular flexibility index (Phi) is 4.71. The van der Waals surface area contributed by atoms with Crippen LogP contribution in [0.2, 0.25) is 0 Å². The Morgan fingerprint density at radius 2 is 1.67 bits per heavy atom. The highest BCUT2D eigenvalue weighted by Crippen LogP contribution is 2.21. The van der Waals surface area contributed by atoms with Gasteiger partial charge in [-0.3, -0.25) is 9.59 Å². The van der Waals surface area contributed by atoms with Gasteiger partial charge in [-0.2, -0.15) is 0 Å². The van der Waals surface area contributed by atoms with E-state index in [1.807, 2.05) is 28.9 Å². The standard InChI is InChI=1S/C16H24N2O2S/c1-12-5-6-13(21-12)15(20)18-9-7-17(8-10-18)14(19)11-16(2,3)4/h5-6H,7-11H2,1-4H3. The third-order valence-corrected chi connectivity index (χ3v) is 4.54. The monoisotopic (exact) mass is 308 g/mol. The average Bonchev–Trinajstić information content (AvgIpc) is 2.83. The minimum atomic E-state index is 0.0124. The summed E-state index contributed by atoms with van der Waals surface area (Å²) in [5.41, 5.74) is 0.0124. The van der Waals surface area contributed by atoms with E-state index >= 15 is 0 Å². The van der Waals surface area contributed by atoms with E-state index in [0.29, 0.717) is 32.6 Å². The van der Waals surface area contributed by atoms with Gasteiger partial charge in [0.05, 0.1) is 4.88 Å². The predicted molar refractivity (Wildman–Crippen MR) is 85.6 cm³/mol. The molecule has 1 aromatic rings. The Hall–Kier alpha value is -1.36. The maximum absolute atomic E-state index is 12.4. The Morgan fingerprint density at radius 1 is 1.10 bits per heavy atom. The van der Waals surface area contributed by atoms with Crippen molar-refractivity contribution in [3.63, 3.8) is 0 Å². The molecule has 0 unspecified atom stereocenters. The number of carbonyl (C=O) groups excluding carboxylic acids is 2. The average molecular weight is 308 g/mol. The Balaban J connectivity index is 1.88. The fraction of sp³-hybridized carbons (Fsp3) is 0.625. The predicted octanol–water partition coefficient (Wildman–Crippen LogP) is 2.78. The second kappa shape index (κ2) is 6.18. The number of thiophene rings is 1. The van der Waals surface area contributed by atoms with Crippen LogP contribution in [-0.2, 0) is 4.79 Å². The second-order valence-corrected chi connectivity index (χ2v) is 8.11. The third kappa shape index (κ3) is 4.30. The minimum Gasteiger partial charge on any atom is -0.339 e. The zero-order valence-corrected chi connectivity index (χ0v) is 14.1. The third-order valence-electron chi connectivity index (χ3n) is 3.55. The van der Waals surface area contributed by atoms with E-state index in [-0.39, 0.29) is 17.2 Å². The molecule has 0 bridgehead atoms. The molecule has 2 heterocycles. The van der Waals surface area contributed by atoms with Crippen LogP contribution in [0.5, 0.6) is 0 Å². The molecule has 0 spiro atoms. The highest BCUT2D eigenvalue weighted by molar-refractivity contribution is 7.13. The lowest BCUT2D eigenvalue weighted by Gasteiger charge is -2.35. The van der Waals surface area contributed by atoms with E-state index < -0.39 is 0 Å². The van der Waals surface area contributed by atoms with Crippen LogP contribution in [0, 0.1) is 12.3 Å². The zero-order chi connectivity index (χ0) is 15.6. The molecule has 0 saturated carbocycles. The van der Waals surface area contributed by atoms with Crippen molar-refractivity contribution in [2.45, 2.75) is 34.1 Å². The van der Waals surface area contributed by atoms with Crippen LogP contribution in [0.1, 0.15) is 41.7 Å². The normalized spacial score (nSPS) is 16.2. The van der Waals surface area contributed by atoms with Gasteiger partial charge in [-0.1, -0.05) is 20.8 Å². The van der Waals surface area contributed by atoms with E-state index in [0.717, 1.165) is 9.75 Å². The fourth-order valence-electron chi connectivity index (χ4n) is 2.43. The van der Waals surface area contributed by atoms with Gasteiger partial charge >= 0.3 is 0 Å². The zero-order valence-electron chi connectivity index (χ0n) is 13.3. The molecule has 0 atom stereocenters. The molecule has 1 saturated heterocycles. The second-order valence-electron chi connectivity index (χ2n) is 6.82. The molecule has 1 aliphatic heterocycles. The Bertz CT molecular complexity index is 523. The first-order valence-corrected chi connectivity index (χ1v) is 8.21. The summed E-state index contributed by atoms with van der Waals surface area (Å²) in [6, 6.07) is 3.86. The van der Waals surface area contributed by atoms with Gasteiger partial charge in [0.2, 0.25) is 5.91 Å². The smallest absolute Gasteiger partial charge is 0.264 e. The van der Waals surface area contributed by atoms with Crippen molar-refractivity contribution in [2.75, 3.05) is 26.2 Å². The summed E-state index contributed by atoms with van der Waals surface area (Å²) in [5, 5.41) is 0. The summed E-state index contributed by atoms with van der Waals surface area (Å²) >= 11 is 1.53. The molecule has 0 aromatic carbocycles. The van der Waals surface area contributed by atoms with Gasteiger partial charge in [-0.05, 0) is 24.5 Å². The van der Waals surface area contributed by atoms with E-state index in [9.17, 15) is 9.59 Å². The Labute approximate surface area is 130 Å². The molecule has 1 aliphatic rings. The van der Waals surface area contributed by atoms with Gasteiger partial charge in [-0.15, -0.1) is 11.3 Å². The number of hydrogen-bond donors (Lipinski definition) is 0. The van der Waals surface area contributed by atoms with Gasteiger partial charge in [0.1, 0.15) is 0 Å². The molecule has 2 amide bonds. The van der Waals surface area contributed by atoms with E-state index in [1.54, 1.807) is 0 Å². The van der Waals surface area contributed by atoms with Crippen molar-refractivity contribution in [3.8, 4) is 0 Å². The Morgan fingerprint density at radius 3 is 2.14 bits per heavy atom. The van der Waals surface area contributed by atoms with E-state index in [4.69, 9.17) is 0 Å². The summed E-state index contributed by atoms with van der Waals surface area (Å²) in [4.78, 5) is 30.2. The number of piperazine rings is 1. The van der Waals surface area contributed by atoms with Crippen molar-refractivity contribution >= 4 is 23.2 Å². The molecule has 0 N–H and O–H groups in total. The van der Waals surface area contributed by atoms with Crippen molar-refractivity contribution in [2.24, 2.45) is 5.41 Å². The van der Waals surface area contributed by atoms with Crippen LogP contribution in [0.15, 0.2) is 12.1 Å². The van der Waals surface area contributed by atoms with Crippen molar-refractivity contribution in [1.82, 2.24) is 9.80 Å². The van der Waals surface area contributed by atoms with Crippen molar-refractivity contribution < 1.29 is 9.59 Å². The maximum Gasteiger partial charge on any atom is 0.264 e. The summed E-state index contributed by atoms with van der Waals surface area (Å²) in [6.07, 6.45) is 0.561. The highest BCUT2D eigenvalue weighted by atomic mass is 32.1. The summed E-state index contributed by atoms with van der Waals surface area (Å²) in [7, 11) is 0. The first kappa shape index (κ1) is 16.0. The highest BCUT2D eigenvalue weighted by Gasteiger charge is 2.27. The molecule has 2 rings (SSSR count). The first-order valence-electron chi connectivity index (χ1n) is 7.40. The minimum absolute atomic E-state index is 0.0124.